The summed E-state index contributed by atoms with van der Waals surface area (Å²) in [4.78, 5) is 25.4. The van der Waals surface area contributed by atoms with Gasteiger partial charge in [0, 0.05) is 41.6 Å². The van der Waals surface area contributed by atoms with Gasteiger partial charge in [-0.15, -0.1) is 23.2 Å². The molecule has 2 N–H and O–H groups in total. The number of alkyl halides is 2. The van der Waals surface area contributed by atoms with Crippen LogP contribution >= 0.6 is 23.2 Å². The molecule has 0 radical (unpaired) electrons. The van der Waals surface area contributed by atoms with Crippen LogP contribution in [0.3, 0.4) is 0 Å². The summed E-state index contributed by atoms with van der Waals surface area (Å²) in [7, 11) is 0. The van der Waals surface area contributed by atoms with Gasteiger partial charge in [-0.3, -0.25) is 9.59 Å². The van der Waals surface area contributed by atoms with E-state index in [1.165, 1.54) is 11.1 Å². The second kappa shape index (κ2) is 16.7. The number of hydrogen-bond acceptors (Lipinski definition) is 3. The lowest BCUT2D eigenvalue weighted by molar-refractivity contribution is -0.131. The van der Waals surface area contributed by atoms with Gasteiger partial charge in [0.1, 0.15) is 5.78 Å². The van der Waals surface area contributed by atoms with E-state index in [-0.39, 0.29) is 28.6 Å². The van der Waals surface area contributed by atoms with Crippen LogP contribution in [0.5, 0.6) is 0 Å². The highest BCUT2D eigenvalue weighted by Gasteiger charge is 2.29. The molecule has 0 aliphatic carbocycles. The molecule has 1 unspecified atom stereocenters. The number of halogens is 2. The molecule has 0 fully saturated rings. The summed E-state index contributed by atoms with van der Waals surface area (Å²) in [5.41, 5.74) is 2.24. The van der Waals surface area contributed by atoms with Crippen LogP contribution in [0.15, 0.2) is 24.3 Å². The summed E-state index contributed by atoms with van der Waals surface area (Å²) in [6, 6.07) is 8.64. The van der Waals surface area contributed by atoms with E-state index in [2.05, 4.69) is 55.7 Å². The summed E-state index contributed by atoms with van der Waals surface area (Å²) in [6.45, 7) is 13.8. The van der Waals surface area contributed by atoms with Crippen LogP contribution in [-0.2, 0) is 16.0 Å². The maximum absolute atomic E-state index is 13.0. The maximum Gasteiger partial charge on any atom is 0.220 e. The summed E-state index contributed by atoms with van der Waals surface area (Å²) < 4.78 is 0. The Morgan fingerprint density at radius 3 is 1.97 bits per heavy atom. The van der Waals surface area contributed by atoms with Gasteiger partial charge in [-0.2, -0.15) is 0 Å². The fourth-order valence-electron chi connectivity index (χ4n) is 4.46. The Morgan fingerprint density at radius 2 is 1.44 bits per heavy atom. The molecular formula is C30H50Cl2N2O2. The van der Waals surface area contributed by atoms with Gasteiger partial charge >= 0.3 is 0 Å². The molecule has 0 bridgehead atoms. The first kappa shape index (κ1) is 32.9. The molecule has 6 heteroatoms. The van der Waals surface area contributed by atoms with Crippen molar-refractivity contribution in [3.05, 3.63) is 35.4 Å². The number of amides is 1. The van der Waals surface area contributed by atoms with Crippen molar-refractivity contribution < 1.29 is 9.59 Å². The Balaban J connectivity index is 2.44. The Labute approximate surface area is 230 Å². The Morgan fingerprint density at radius 1 is 0.833 bits per heavy atom. The summed E-state index contributed by atoms with van der Waals surface area (Å²) >= 11 is 11.9. The van der Waals surface area contributed by atoms with Crippen molar-refractivity contribution in [1.82, 2.24) is 10.6 Å². The Hall–Kier alpha value is -1.10. The minimum atomic E-state index is -0.365. The molecule has 206 valence electrons. The molecule has 0 spiro atoms. The van der Waals surface area contributed by atoms with Crippen LogP contribution < -0.4 is 10.6 Å². The molecule has 0 aliphatic heterocycles. The van der Waals surface area contributed by atoms with Gasteiger partial charge in [0.05, 0.1) is 0 Å². The lowest BCUT2D eigenvalue weighted by Gasteiger charge is -2.26. The van der Waals surface area contributed by atoms with Crippen molar-refractivity contribution in [2.24, 2.45) is 11.3 Å². The topological polar surface area (TPSA) is 58.2 Å². The van der Waals surface area contributed by atoms with Gasteiger partial charge in [-0.05, 0) is 89.3 Å². The van der Waals surface area contributed by atoms with Gasteiger partial charge in [0.25, 0.3) is 0 Å². The van der Waals surface area contributed by atoms with E-state index in [0.717, 1.165) is 45.1 Å². The molecule has 1 rings (SSSR count). The number of ketones is 1. The highest BCUT2D eigenvalue weighted by molar-refractivity contribution is 6.18. The molecule has 0 heterocycles. The smallest absolute Gasteiger partial charge is 0.220 e. The van der Waals surface area contributed by atoms with Gasteiger partial charge in [0.15, 0.2) is 0 Å². The fraction of sp³-hybridized carbons (Fsp3) is 0.733. The van der Waals surface area contributed by atoms with E-state index in [9.17, 15) is 9.59 Å². The molecule has 4 nitrogen and oxygen atoms in total. The Kier molecular flexibility index (Phi) is 15.3. The third-order valence-corrected chi connectivity index (χ3v) is 6.98. The highest BCUT2D eigenvalue weighted by Crippen LogP contribution is 2.26. The van der Waals surface area contributed by atoms with Gasteiger partial charge in [-0.1, -0.05) is 45.0 Å². The molecule has 1 aromatic carbocycles. The van der Waals surface area contributed by atoms with Crippen LogP contribution in [0, 0.1) is 11.3 Å². The van der Waals surface area contributed by atoms with Crippen molar-refractivity contribution in [2.45, 2.75) is 104 Å². The third kappa shape index (κ3) is 14.0. The number of aryl methyl sites for hydroxylation is 1. The molecular weight excluding hydrogens is 491 g/mol. The number of carbonyl (C=O) groups excluding carboxylic acids is 2. The zero-order chi connectivity index (χ0) is 27.2. The molecule has 0 aliphatic rings. The van der Waals surface area contributed by atoms with Gasteiger partial charge < -0.3 is 10.6 Å². The number of hydrogen-bond donors (Lipinski definition) is 2. The molecule has 0 saturated carbocycles. The average Bonchev–Trinajstić information content (AvgIpc) is 2.79. The molecule has 1 aromatic rings. The summed E-state index contributed by atoms with van der Waals surface area (Å²) in [6.07, 6.45) is 6.54. The van der Waals surface area contributed by atoms with E-state index >= 15 is 0 Å². The summed E-state index contributed by atoms with van der Waals surface area (Å²) in [5.74, 6) is 2.01. The SMILES string of the molecule is CC(C)(C)NCCCC(CCNC(=O)CCCc1ccc(C(CCCl)CCCl)cc1)C(=O)C(C)(C)C. The largest absolute Gasteiger partial charge is 0.356 e. The van der Waals surface area contributed by atoms with Crippen molar-refractivity contribution in [2.75, 3.05) is 24.8 Å². The Bertz CT molecular complexity index is 761. The zero-order valence-corrected chi connectivity index (χ0v) is 25.0. The normalized spacial score (nSPS) is 13.1. The fourth-order valence-corrected chi connectivity index (χ4v) is 4.98. The molecule has 1 atom stereocenters. The molecule has 36 heavy (non-hydrogen) atoms. The van der Waals surface area contributed by atoms with E-state index in [0.29, 0.717) is 37.1 Å². The maximum atomic E-state index is 13.0. The van der Waals surface area contributed by atoms with E-state index < -0.39 is 0 Å². The lowest BCUT2D eigenvalue weighted by Crippen LogP contribution is -2.37. The van der Waals surface area contributed by atoms with Crippen molar-refractivity contribution in [3.63, 3.8) is 0 Å². The quantitative estimate of drug-likeness (QED) is 0.161. The zero-order valence-electron chi connectivity index (χ0n) is 23.5. The van der Waals surface area contributed by atoms with E-state index in [1.54, 1.807) is 0 Å². The van der Waals surface area contributed by atoms with Crippen molar-refractivity contribution in [3.8, 4) is 0 Å². The number of rotatable bonds is 17. The minimum Gasteiger partial charge on any atom is -0.356 e. The van der Waals surface area contributed by atoms with E-state index in [1.807, 2.05) is 20.8 Å². The monoisotopic (exact) mass is 540 g/mol. The van der Waals surface area contributed by atoms with Gasteiger partial charge in [0.2, 0.25) is 5.91 Å². The second-order valence-electron chi connectivity index (χ2n) is 12.0. The molecule has 0 aromatic heterocycles. The van der Waals surface area contributed by atoms with E-state index in [4.69, 9.17) is 23.2 Å². The summed E-state index contributed by atoms with van der Waals surface area (Å²) in [5, 5.41) is 6.53. The predicted molar refractivity (Wildman–Crippen MR) is 155 cm³/mol. The average molecular weight is 542 g/mol. The van der Waals surface area contributed by atoms with Crippen LogP contribution in [0.4, 0.5) is 0 Å². The van der Waals surface area contributed by atoms with Crippen molar-refractivity contribution in [1.29, 1.82) is 0 Å². The first-order chi connectivity index (χ1) is 16.9. The van der Waals surface area contributed by atoms with Crippen LogP contribution in [0.2, 0.25) is 0 Å². The number of benzene rings is 1. The van der Waals surface area contributed by atoms with Crippen LogP contribution in [0.25, 0.3) is 0 Å². The third-order valence-electron chi connectivity index (χ3n) is 6.55. The number of Topliss-reactive ketones (excluding diaryl/α,β-unsaturated/α-hetero) is 1. The van der Waals surface area contributed by atoms with Crippen LogP contribution in [-0.4, -0.2) is 42.1 Å². The first-order valence-electron chi connectivity index (χ1n) is 13.6. The standard InChI is InChI=1S/C30H50Cl2N2O2/c1-29(2,3)28(36)26(10-8-21-34-30(4,5)6)18-22-33-27(35)11-7-9-23-12-14-24(15-13-23)25(16-19-31)17-20-32/h12-15,25-26,34H,7-11,16-22H2,1-6H3,(H,33,35). The minimum absolute atomic E-state index is 0.0213. The molecule has 1 amide bonds. The number of nitrogens with one attached hydrogen (secondary N) is 2. The first-order valence-corrected chi connectivity index (χ1v) is 14.7. The lowest BCUT2D eigenvalue weighted by atomic mass is 9.79. The predicted octanol–water partition coefficient (Wildman–Crippen LogP) is 7.26. The van der Waals surface area contributed by atoms with Gasteiger partial charge in [-0.25, -0.2) is 0 Å². The van der Waals surface area contributed by atoms with Crippen LogP contribution in [0.1, 0.15) is 104 Å². The second-order valence-corrected chi connectivity index (χ2v) is 12.8. The van der Waals surface area contributed by atoms with Crippen molar-refractivity contribution >= 4 is 34.9 Å². The molecule has 0 saturated heterocycles. The number of carbonyl (C=O) groups is 2. The highest BCUT2D eigenvalue weighted by atomic mass is 35.5.